The highest BCUT2D eigenvalue weighted by atomic mass is 32.2. The molecule has 0 saturated carbocycles. The molecule has 0 fully saturated rings. The van der Waals surface area contributed by atoms with Crippen LogP contribution in [0, 0.1) is 0 Å². The number of aromatic nitrogens is 1. The molecule has 1 aromatic carbocycles. The molecule has 22 heavy (non-hydrogen) atoms. The van der Waals surface area contributed by atoms with Crippen molar-refractivity contribution >= 4 is 29.0 Å². The number of nitrogens with one attached hydrogen (secondary N) is 1. The number of amides is 1. The minimum Gasteiger partial charge on any atom is -0.352 e. The normalized spacial score (nSPS) is 10.6. The van der Waals surface area contributed by atoms with Gasteiger partial charge >= 0.3 is 0 Å². The highest BCUT2D eigenvalue weighted by Crippen LogP contribution is 2.26. The third-order valence-corrected chi connectivity index (χ3v) is 5.05. The molecule has 0 aliphatic carbocycles. The summed E-state index contributed by atoms with van der Waals surface area (Å²) in [6.45, 7) is 2.94. The van der Waals surface area contributed by atoms with Crippen molar-refractivity contribution in [3.05, 3.63) is 46.4 Å². The van der Waals surface area contributed by atoms with E-state index >= 15 is 0 Å². The lowest BCUT2D eigenvalue weighted by atomic mass is 10.2. The topological polar surface area (TPSA) is 42.0 Å². The molecule has 2 aromatic rings. The van der Waals surface area contributed by atoms with Gasteiger partial charge in [-0.1, -0.05) is 38.3 Å². The number of hydrogen-bond donors (Lipinski definition) is 1. The zero-order chi connectivity index (χ0) is 15.6. The first-order chi connectivity index (χ1) is 10.8. The van der Waals surface area contributed by atoms with Crippen molar-refractivity contribution in [1.82, 2.24) is 10.3 Å². The quantitative estimate of drug-likeness (QED) is 0.532. The van der Waals surface area contributed by atoms with Gasteiger partial charge in [-0.3, -0.25) is 4.79 Å². The van der Waals surface area contributed by atoms with Crippen LogP contribution >= 0.6 is 23.1 Å². The van der Waals surface area contributed by atoms with Crippen molar-refractivity contribution in [1.29, 1.82) is 0 Å². The first-order valence-corrected chi connectivity index (χ1v) is 9.61. The van der Waals surface area contributed by atoms with Crippen LogP contribution in [0.15, 0.2) is 40.1 Å². The molecule has 0 saturated heterocycles. The van der Waals surface area contributed by atoms with Crippen LogP contribution in [0.5, 0.6) is 0 Å². The summed E-state index contributed by atoms with van der Waals surface area (Å²) in [5.74, 6) is 0.822. The number of unbranched alkanes of at least 4 members (excludes halogenated alkanes) is 3. The Morgan fingerprint density at radius 1 is 1.27 bits per heavy atom. The molecule has 1 N–H and O–H groups in total. The van der Waals surface area contributed by atoms with E-state index in [2.05, 4.69) is 17.2 Å². The molecule has 2 rings (SSSR count). The predicted molar refractivity (Wildman–Crippen MR) is 94.6 cm³/mol. The maximum Gasteiger partial charge on any atom is 0.252 e. The average Bonchev–Trinajstić information content (AvgIpc) is 3.06. The van der Waals surface area contributed by atoms with Crippen LogP contribution in [-0.2, 0) is 5.75 Å². The first-order valence-electron chi connectivity index (χ1n) is 7.68. The van der Waals surface area contributed by atoms with Crippen molar-refractivity contribution < 1.29 is 4.79 Å². The smallest absolute Gasteiger partial charge is 0.252 e. The van der Waals surface area contributed by atoms with E-state index in [-0.39, 0.29) is 5.91 Å². The zero-order valence-electron chi connectivity index (χ0n) is 12.9. The summed E-state index contributed by atoms with van der Waals surface area (Å²) in [5.41, 5.74) is 3.66. The minimum absolute atomic E-state index is 0.0258. The highest BCUT2D eigenvalue weighted by molar-refractivity contribution is 7.98. The number of carbonyl (C=O) groups is 1. The maximum absolute atomic E-state index is 12.3. The molecule has 3 nitrogen and oxygen atoms in total. The summed E-state index contributed by atoms with van der Waals surface area (Å²) >= 11 is 3.26. The molecule has 0 atom stereocenters. The minimum atomic E-state index is 0.0258. The van der Waals surface area contributed by atoms with Crippen LogP contribution in [0.2, 0.25) is 0 Å². The van der Waals surface area contributed by atoms with Gasteiger partial charge < -0.3 is 5.32 Å². The average molecular weight is 335 g/mol. The molecule has 1 amide bonds. The SMILES string of the molecule is CCCCCCNC(=O)c1ccccc1SCc1cscn1. The third-order valence-electron chi connectivity index (χ3n) is 3.31. The zero-order valence-corrected chi connectivity index (χ0v) is 14.5. The van der Waals surface area contributed by atoms with Crippen LogP contribution in [0.25, 0.3) is 0 Å². The molecule has 118 valence electrons. The molecular weight excluding hydrogens is 312 g/mol. The second-order valence-electron chi connectivity index (χ2n) is 5.08. The van der Waals surface area contributed by atoms with Crippen molar-refractivity contribution in [3.63, 3.8) is 0 Å². The van der Waals surface area contributed by atoms with E-state index < -0.39 is 0 Å². The Morgan fingerprint density at radius 2 is 2.14 bits per heavy atom. The Hall–Kier alpha value is -1.33. The Kier molecular flexibility index (Phi) is 7.46. The van der Waals surface area contributed by atoms with Gasteiger partial charge in [0.15, 0.2) is 0 Å². The molecule has 0 bridgehead atoms. The standard InChI is InChI=1S/C17H22N2OS2/c1-2-3-4-7-10-18-17(20)15-8-5-6-9-16(15)22-12-14-11-21-13-19-14/h5-6,8-9,11,13H,2-4,7,10,12H2,1H3,(H,18,20). The van der Waals surface area contributed by atoms with E-state index in [1.54, 1.807) is 23.1 Å². The van der Waals surface area contributed by atoms with Gasteiger partial charge in [0.2, 0.25) is 0 Å². The number of nitrogens with zero attached hydrogens (tertiary/aromatic N) is 1. The number of thiazole rings is 1. The van der Waals surface area contributed by atoms with Crippen LogP contribution in [0.1, 0.15) is 48.7 Å². The van der Waals surface area contributed by atoms with Gasteiger partial charge in [-0.05, 0) is 18.6 Å². The van der Waals surface area contributed by atoms with E-state index in [1.807, 2.05) is 35.2 Å². The summed E-state index contributed by atoms with van der Waals surface area (Å²) in [7, 11) is 0. The Labute approximate surface area is 140 Å². The molecule has 0 spiro atoms. The second-order valence-corrected chi connectivity index (χ2v) is 6.82. The lowest BCUT2D eigenvalue weighted by molar-refractivity contribution is 0.0950. The predicted octanol–water partition coefficient (Wildman–Crippen LogP) is 4.75. The van der Waals surface area contributed by atoms with Gasteiger partial charge in [0.25, 0.3) is 5.91 Å². The first kappa shape index (κ1) is 17.0. The van der Waals surface area contributed by atoms with Crippen molar-refractivity contribution in [3.8, 4) is 0 Å². The van der Waals surface area contributed by atoms with Crippen molar-refractivity contribution in [2.24, 2.45) is 0 Å². The summed E-state index contributed by atoms with van der Waals surface area (Å²) in [5, 5.41) is 5.07. The van der Waals surface area contributed by atoms with Gasteiger partial charge in [-0.2, -0.15) is 0 Å². The van der Waals surface area contributed by atoms with E-state index in [0.29, 0.717) is 0 Å². The lowest BCUT2D eigenvalue weighted by Crippen LogP contribution is -2.24. The molecule has 5 heteroatoms. The highest BCUT2D eigenvalue weighted by Gasteiger charge is 2.11. The monoisotopic (exact) mass is 334 g/mol. The third kappa shape index (κ3) is 5.46. The molecule has 1 heterocycles. The summed E-state index contributed by atoms with van der Waals surface area (Å²) in [6.07, 6.45) is 4.67. The molecule has 1 aromatic heterocycles. The number of benzene rings is 1. The maximum atomic E-state index is 12.3. The fourth-order valence-electron chi connectivity index (χ4n) is 2.09. The molecule has 0 unspecified atom stereocenters. The second kappa shape index (κ2) is 9.64. The number of thioether (sulfide) groups is 1. The van der Waals surface area contributed by atoms with E-state index in [4.69, 9.17) is 0 Å². The summed E-state index contributed by atoms with van der Waals surface area (Å²) in [6, 6.07) is 7.79. The van der Waals surface area contributed by atoms with Gasteiger partial charge in [0.1, 0.15) is 0 Å². The number of rotatable bonds is 9. The largest absolute Gasteiger partial charge is 0.352 e. The van der Waals surface area contributed by atoms with Crippen LogP contribution in [0.4, 0.5) is 0 Å². The fraction of sp³-hybridized carbons (Fsp3) is 0.412. The number of carbonyl (C=O) groups excluding carboxylic acids is 1. The summed E-state index contributed by atoms with van der Waals surface area (Å²) < 4.78 is 0. The van der Waals surface area contributed by atoms with Crippen LogP contribution in [-0.4, -0.2) is 17.4 Å². The lowest BCUT2D eigenvalue weighted by Gasteiger charge is -2.09. The van der Waals surface area contributed by atoms with E-state index in [0.717, 1.165) is 34.9 Å². The van der Waals surface area contributed by atoms with Gasteiger partial charge in [-0.15, -0.1) is 23.1 Å². The molecular formula is C17H22N2OS2. The van der Waals surface area contributed by atoms with E-state index in [1.165, 1.54) is 19.3 Å². The summed E-state index contributed by atoms with van der Waals surface area (Å²) in [4.78, 5) is 17.6. The molecule has 0 aliphatic heterocycles. The van der Waals surface area contributed by atoms with Crippen molar-refractivity contribution in [2.75, 3.05) is 6.54 Å². The number of hydrogen-bond acceptors (Lipinski definition) is 4. The Bertz CT molecular complexity index is 570. The van der Waals surface area contributed by atoms with Crippen LogP contribution in [0.3, 0.4) is 0 Å². The van der Waals surface area contributed by atoms with E-state index in [9.17, 15) is 4.79 Å². The van der Waals surface area contributed by atoms with Crippen LogP contribution < -0.4 is 5.32 Å². The fourth-order valence-corrected chi connectivity index (χ4v) is 3.71. The molecule has 0 aliphatic rings. The molecule has 0 radical (unpaired) electrons. The van der Waals surface area contributed by atoms with Gasteiger partial charge in [-0.25, -0.2) is 4.98 Å². The Balaban J connectivity index is 1.88. The van der Waals surface area contributed by atoms with Gasteiger partial charge in [0.05, 0.1) is 16.8 Å². The van der Waals surface area contributed by atoms with Gasteiger partial charge in [0, 0.05) is 22.6 Å². The van der Waals surface area contributed by atoms with Crippen molar-refractivity contribution in [2.45, 2.75) is 43.3 Å². The Morgan fingerprint density at radius 3 is 2.91 bits per heavy atom.